The van der Waals surface area contributed by atoms with Crippen molar-refractivity contribution in [2.45, 2.75) is 12.8 Å². The zero-order valence-electron chi connectivity index (χ0n) is 14.4. The van der Waals surface area contributed by atoms with Crippen LogP contribution in [0.1, 0.15) is 23.4 Å². The van der Waals surface area contributed by atoms with Crippen LogP contribution < -0.4 is 0 Å². The molecule has 7 heteroatoms. The van der Waals surface area contributed by atoms with Crippen LogP contribution in [0, 0.1) is 11.2 Å². The largest absolute Gasteiger partial charge is 0.481 e. The number of methoxy groups -OCH3 is 1. The lowest BCUT2D eigenvalue weighted by atomic mass is 9.80. The molecular weight excluding hydrogens is 341 g/mol. The van der Waals surface area contributed by atoms with E-state index in [1.807, 2.05) is 0 Å². The van der Waals surface area contributed by atoms with E-state index in [0.717, 1.165) is 0 Å². The smallest absolute Gasteiger partial charge is 0.313 e. The van der Waals surface area contributed by atoms with E-state index in [9.17, 15) is 19.1 Å². The first-order chi connectivity index (χ1) is 12.5. The van der Waals surface area contributed by atoms with Gasteiger partial charge in [0.15, 0.2) is 5.76 Å². The molecule has 1 N–H and O–H groups in total. The fraction of sp³-hybridized carbons (Fsp3) is 0.368. The molecule has 1 aromatic heterocycles. The van der Waals surface area contributed by atoms with Crippen molar-refractivity contribution in [1.82, 2.24) is 4.90 Å². The summed E-state index contributed by atoms with van der Waals surface area (Å²) in [5.74, 6) is -1.52. The molecule has 3 rings (SSSR count). The Balaban J connectivity index is 1.81. The second-order valence-corrected chi connectivity index (χ2v) is 6.49. The molecule has 0 spiro atoms. The number of ether oxygens (including phenoxy) is 1. The van der Waals surface area contributed by atoms with Gasteiger partial charge in [0.1, 0.15) is 17.0 Å². The number of halogens is 1. The van der Waals surface area contributed by atoms with Crippen LogP contribution in [-0.2, 0) is 9.53 Å². The molecule has 1 amide bonds. The normalized spacial score (nSPS) is 20.2. The minimum atomic E-state index is -1.12. The second-order valence-electron chi connectivity index (χ2n) is 6.49. The van der Waals surface area contributed by atoms with Crippen LogP contribution in [0.2, 0.25) is 0 Å². The van der Waals surface area contributed by atoms with Gasteiger partial charge in [0.05, 0.1) is 12.2 Å². The number of carboxylic acid groups (broad SMARTS) is 1. The molecule has 1 saturated heterocycles. The average Bonchev–Trinajstić information content (AvgIpc) is 3.11. The molecule has 1 aromatic carbocycles. The van der Waals surface area contributed by atoms with Gasteiger partial charge in [-0.1, -0.05) is 12.1 Å². The van der Waals surface area contributed by atoms with E-state index in [4.69, 9.17) is 9.15 Å². The van der Waals surface area contributed by atoms with Crippen molar-refractivity contribution in [3.05, 3.63) is 48.0 Å². The summed E-state index contributed by atoms with van der Waals surface area (Å²) in [5.41, 5.74) is -0.853. The number of piperidine rings is 1. The number of carboxylic acids is 1. The lowest BCUT2D eigenvalue weighted by molar-refractivity contribution is -0.155. The Kier molecular flexibility index (Phi) is 5.08. The van der Waals surface area contributed by atoms with Gasteiger partial charge in [-0.25, -0.2) is 4.39 Å². The van der Waals surface area contributed by atoms with E-state index in [-0.39, 0.29) is 30.2 Å². The van der Waals surface area contributed by atoms with Crippen molar-refractivity contribution in [2.24, 2.45) is 5.41 Å². The van der Waals surface area contributed by atoms with Crippen molar-refractivity contribution >= 4 is 11.9 Å². The first-order valence-electron chi connectivity index (χ1n) is 8.33. The third kappa shape index (κ3) is 3.35. The van der Waals surface area contributed by atoms with E-state index >= 15 is 0 Å². The van der Waals surface area contributed by atoms with Crippen LogP contribution in [0.15, 0.2) is 40.8 Å². The molecule has 138 valence electrons. The van der Waals surface area contributed by atoms with E-state index in [1.54, 1.807) is 18.2 Å². The fourth-order valence-electron chi connectivity index (χ4n) is 3.35. The molecule has 2 heterocycles. The molecule has 0 aliphatic carbocycles. The highest BCUT2D eigenvalue weighted by molar-refractivity contribution is 5.92. The molecule has 0 radical (unpaired) electrons. The Hall–Kier alpha value is -2.67. The molecule has 2 aromatic rings. The number of furan rings is 1. The monoisotopic (exact) mass is 361 g/mol. The van der Waals surface area contributed by atoms with Crippen LogP contribution in [0.4, 0.5) is 4.39 Å². The second kappa shape index (κ2) is 7.29. The van der Waals surface area contributed by atoms with Gasteiger partial charge in [-0.15, -0.1) is 0 Å². The first-order valence-corrected chi connectivity index (χ1v) is 8.33. The Morgan fingerprint density at radius 1 is 1.31 bits per heavy atom. The molecule has 0 saturated carbocycles. The molecule has 1 unspecified atom stereocenters. The Morgan fingerprint density at radius 2 is 2.08 bits per heavy atom. The summed E-state index contributed by atoms with van der Waals surface area (Å²) in [6.07, 6.45) is 1.00. The minimum absolute atomic E-state index is 0.0325. The van der Waals surface area contributed by atoms with Gasteiger partial charge in [-0.3, -0.25) is 9.59 Å². The molecular formula is C19H20FNO5. The number of carbonyl (C=O) groups is 2. The number of amides is 1. The Bertz CT molecular complexity index is 814. The van der Waals surface area contributed by atoms with Crippen LogP contribution >= 0.6 is 0 Å². The molecule has 26 heavy (non-hydrogen) atoms. The van der Waals surface area contributed by atoms with Crippen molar-refractivity contribution in [2.75, 3.05) is 26.8 Å². The molecule has 0 bridgehead atoms. The standard InChI is InChI=1S/C19H20FNO5/c1-25-12-19(18(23)24)9-4-10-21(11-19)17(22)16-8-7-15(26-16)13-5-2-3-6-14(13)20/h2-3,5-8H,4,9-12H2,1H3,(H,23,24). The van der Waals surface area contributed by atoms with Gasteiger partial charge in [-0.2, -0.15) is 0 Å². The van der Waals surface area contributed by atoms with Crippen LogP contribution in [-0.4, -0.2) is 48.7 Å². The maximum absolute atomic E-state index is 13.9. The topological polar surface area (TPSA) is 80.0 Å². The average molecular weight is 361 g/mol. The molecule has 6 nitrogen and oxygen atoms in total. The summed E-state index contributed by atoms with van der Waals surface area (Å²) in [4.78, 5) is 25.9. The molecule has 1 aliphatic heterocycles. The van der Waals surface area contributed by atoms with Crippen molar-refractivity contribution < 1.29 is 28.2 Å². The number of aliphatic carboxylic acids is 1. The molecule has 1 aliphatic rings. The SMILES string of the molecule is COCC1(C(=O)O)CCCN(C(=O)c2ccc(-c3ccccc3F)o2)C1. The maximum atomic E-state index is 13.9. The Labute approximate surface area is 150 Å². The van der Waals surface area contributed by atoms with Crippen molar-refractivity contribution in [1.29, 1.82) is 0 Å². The van der Waals surface area contributed by atoms with Gasteiger partial charge < -0.3 is 19.2 Å². The van der Waals surface area contributed by atoms with Gasteiger partial charge in [-0.05, 0) is 37.1 Å². The number of hydrogen-bond donors (Lipinski definition) is 1. The lowest BCUT2D eigenvalue weighted by Gasteiger charge is -2.39. The number of carbonyl (C=O) groups excluding carboxylic acids is 1. The quantitative estimate of drug-likeness (QED) is 0.885. The summed E-state index contributed by atoms with van der Waals surface area (Å²) >= 11 is 0. The maximum Gasteiger partial charge on any atom is 0.313 e. The highest BCUT2D eigenvalue weighted by Crippen LogP contribution is 2.32. The predicted molar refractivity (Wildman–Crippen MR) is 91.2 cm³/mol. The zero-order valence-corrected chi connectivity index (χ0v) is 14.4. The van der Waals surface area contributed by atoms with Crippen molar-refractivity contribution in [3.8, 4) is 11.3 Å². The van der Waals surface area contributed by atoms with E-state index in [1.165, 1.54) is 30.2 Å². The predicted octanol–water partition coefficient (Wildman–Crippen LogP) is 3.04. The summed E-state index contributed by atoms with van der Waals surface area (Å²) in [6.45, 7) is 0.517. The lowest BCUT2D eigenvalue weighted by Crippen LogP contribution is -2.52. The molecule has 1 fully saturated rings. The van der Waals surface area contributed by atoms with Gasteiger partial charge in [0.25, 0.3) is 5.91 Å². The number of rotatable bonds is 5. The van der Waals surface area contributed by atoms with E-state index in [0.29, 0.717) is 19.4 Å². The highest BCUT2D eigenvalue weighted by atomic mass is 19.1. The minimum Gasteiger partial charge on any atom is -0.481 e. The number of nitrogens with zero attached hydrogens (tertiary/aromatic N) is 1. The van der Waals surface area contributed by atoms with Crippen LogP contribution in [0.3, 0.4) is 0 Å². The number of hydrogen-bond acceptors (Lipinski definition) is 4. The third-order valence-corrected chi connectivity index (χ3v) is 4.69. The summed E-state index contributed by atoms with van der Waals surface area (Å²) in [5, 5.41) is 9.59. The summed E-state index contributed by atoms with van der Waals surface area (Å²) < 4.78 is 24.5. The van der Waals surface area contributed by atoms with Crippen LogP contribution in [0.25, 0.3) is 11.3 Å². The van der Waals surface area contributed by atoms with Gasteiger partial charge >= 0.3 is 5.97 Å². The van der Waals surface area contributed by atoms with Gasteiger partial charge in [0, 0.05) is 20.2 Å². The summed E-state index contributed by atoms with van der Waals surface area (Å²) in [6, 6.07) is 9.15. The third-order valence-electron chi connectivity index (χ3n) is 4.69. The van der Waals surface area contributed by atoms with E-state index < -0.39 is 23.1 Å². The Morgan fingerprint density at radius 3 is 2.77 bits per heavy atom. The number of likely N-dealkylation sites (tertiary alicyclic amines) is 1. The molecule has 1 atom stereocenters. The van der Waals surface area contributed by atoms with E-state index in [2.05, 4.69) is 0 Å². The van der Waals surface area contributed by atoms with Gasteiger partial charge in [0.2, 0.25) is 0 Å². The first kappa shape index (κ1) is 18.1. The van der Waals surface area contributed by atoms with Crippen molar-refractivity contribution in [3.63, 3.8) is 0 Å². The van der Waals surface area contributed by atoms with Crippen LogP contribution in [0.5, 0.6) is 0 Å². The number of benzene rings is 1. The fourth-order valence-corrected chi connectivity index (χ4v) is 3.35. The zero-order chi connectivity index (χ0) is 18.7. The summed E-state index contributed by atoms with van der Waals surface area (Å²) in [7, 11) is 1.44. The highest BCUT2D eigenvalue weighted by Gasteiger charge is 2.44.